The Labute approximate surface area is 201 Å². The van der Waals surface area contributed by atoms with Gasteiger partial charge in [0.2, 0.25) is 0 Å². The Morgan fingerprint density at radius 3 is 2.70 bits per heavy atom. The van der Waals surface area contributed by atoms with Gasteiger partial charge in [-0.25, -0.2) is 0 Å². The highest BCUT2D eigenvalue weighted by molar-refractivity contribution is 8.04. The molecule has 0 saturated carbocycles. The molecule has 1 aromatic carbocycles. The third-order valence-corrected chi connectivity index (χ3v) is 7.92. The van der Waals surface area contributed by atoms with E-state index < -0.39 is 17.7 Å². The minimum absolute atomic E-state index is 0.00244. The molecule has 1 aromatic rings. The summed E-state index contributed by atoms with van der Waals surface area (Å²) in [5, 5.41) is 9.06. The zero-order valence-corrected chi connectivity index (χ0v) is 20.2. The van der Waals surface area contributed by atoms with Gasteiger partial charge in [0, 0.05) is 11.2 Å². The van der Waals surface area contributed by atoms with Crippen LogP contribution < -0.4 is 4.74 Å². The molecule has 0 radical (unpaired) electrons. The minimum Gasteiger partial charge on any atom is -0.492 e. The number of alkyl halides is 3. The summed E-state index contributed by atoms with van der Waals surface area (Å²) in [5.41, 5.74) is 1.18. The van der Waals surface area contributed by atoms with Gasteiger partial charge in [-0.3, -0.25) is 4.79 Å². The molecule has 1 aliphatic heterocycles. The Kier molecular flexibility index (Phi) is 8.62. The zero-order valence-electron chi connectivity index (χ0n) is 18.6. The Balaban J connectivity index is 1.67. The number of halogens is 4. The molecule has 2 aliphatic rings. The number of carboxylic acid groups (broad SMARTS) is 1. The summed E-state index contributed by atoms with van der Waals surface area (Å²) in [6.45, 7) is 4.57. The number of ether oxygens (including phenoxy) is 1. The van der Waals surface area contributed by atoms with E-state index in [1.807, 2.05) is 6.92 Å². The molecule has 0 aromatic heterocycles. The van der Waals surface area contributed by atoms with Crippen LogP contribution in [0.5, 0.6) is 5.75 Å². The molecule has 0 bridgehead atoms. The SMILES string of the molecule is CCCCC(CCOc1ccc(CC(=O)O)cc1Cl)C1=C(C)C2C=CC(C(F)(F)F)=CC2S1. The van der Waals surface area contributed by atoms with Crippen LogP contribution in [0.2, 0.25) is 5.02 Å². The summed E-state index contributed by atoms with van der Waals surface area (Å²) in [6, 6.07) is 4.96. The number of benzene rings is 1. The first-order valence-corrected chi connectivity index (χ1v) is 12.3. The lowest BCUT2D eigenvalue weighted by molar-refractivity contribution is -0.136. The molecular weight excluding hydrogens is 473 g/mol. The lowest BCUT2D eigenvalue weighted by Crippen LogP contribution is -2.19. The van der Waals surface area contributed by atoms with Gasteiger partial charge in [-0.15, -0.1) is 11.8 Å². The molecule has 180 valence electrons. The second kappa shape index (κ2) is 11.0. The van der Waals surface area contributed by atoms with Crippen molar-refractivity contribution in [2.75, 3.05) is 6.61 Å². The lowest BCUT2D eigenvalue weighted by atomic mass is 9.87. The molecular formula is C25H28ClF3O3S. The van der Waals surface area contributed by atoms with E-state index in [0.717, 1.165) is 31.3 Å². The van der Waals surface area contributed by atoms with Crippen molar-refractivity contribution in [1.29, 1.82) is 0 Å². The molecule has 3 unspecified atom stereocenters. The lowest BCUT2D eigenvalue weighted by Gasteiger charge is -2.21. The number of rotatable bonds is 10. The highest BCUT2D eigenvalue weighted by Gasteiger charge is 2.40. The van der Waals surface area contributed by atoms with Crippen LogP contribution >= 0.6 is 23.4 Å². The summed E-state index contributed by atoms with van der Waals surface area (Å²) >= 11 is 7.81. The topological polar surface area (TPSA) is 46.5 Å². The van der Waals surface area contributed by atoms with Crippen molar-refractivity contribution in [3.63, 3.8) is 0 Å². The second-order valence-electron chi connectivity index (χ2n) is 8.45. The minimum atomic E-state index is -4.33. The van der Waals surface area contributed by atoms with Gasteiger partial charge in [0.1, 0.15) is 5.75 Å². The van der Waals surface area contributed by atoms with E-state index in [4.69, 9.17) is 21.4 Å². The van der Waals surface area contributed by atoms with Crippen molar-refractivity contribution in [2.24, 2.45) is 11.8 Å². The molecule has 8 heteroatoms. The molecule has 0 amide bonds. The van der Waals surface area contributed by atoms with Crippen molar-refractivity contribution in [3.05, 3.63) is 63.1 Å². The summed E-state index contributed by atoms with van der Waals surface area (Å²) in [4.78, 5) is 12.0. The van der Waals surface area contributed by atoms with Gasteiger partial charge in [-0.2, -0.15) is 13.2 Å². The maximum Gasteiger partial charge on any atom is 0.416 e. The first-order valence-electron chi connectivity index (χ1n) is 11.1. The largest absolute Gasteiger partial charge is 0.492 e. The van der Waals surface area contributed by atoms with Gasteiger partial charge < -0.3 is 9.84 Å². The quantitative estimate of drug-likeness (QED) is 0.359. The van der Waals surface area contributed by atoms with Crippen LogP contribution in [-0.4, -0.2) is 29.1 Å². The van der Waals surface area contributed by atoms with Crippen molar-refractivity contribution in [2.45, 2.75) is 57.4 Å². The summed E-state index contributed by atoms with van der Waals surface area (Å²) < 4.78 is 45.4. The molecule has 1 N–H and O–H groups in total. The third kappa shape index (κ3) is 6.60. The number of aliphatic carboxylic acids is 1. The number of fused-ring (bicyclic) bond motifs is 1. The Morgan fingerprint density at radius 1 is 1.30 bits per heavy atom. The van der Waals surface area contributed by atoms with E-state index >= 15 is 0 Å². The monoisotopic (exact) mass is 500 g/mol. The van der Waals surface area contributed by atoms with Gasteiger partial charge in [-0.05, 0) is 48.3 Å². The van der Waals surface area contributed by atoms with Crippen molar-refractivity contribution < 1.29 is 27.8 Å². The first kappa shape index (κ1) is 25.8. The van der Waals surface area contributed by atoms with Crippen molar-refractivity contribution in [1.82, 2.24) is 0 Å². The Hall–Kier alpha value is -1.86. The number of hydrogen-bond acceptors (Lipinski definition) is 3. The van der Waals surface area contributed by atoms with Gasteiger partial charge in [-0.1, -0.05) is 61.2 Å². The third-order valence-electron chi connectivity index (χ3n) is 6.01. The van der Waals surface area contributed by atoms with Gasteiger partial charge in [0.15, 0.2) is 0 Å². The van der Waals surface area contributed by atoms with Gasteiger partial charge >= 0.3 is 12.1 Å². The molecule has 0 spiro atoms. The predicted molar refractivity (Wildman–Crippen MR) is 127 cm³/mol. The fourth-order valence-corrected chi connectivity index (χ4v) is 6.23. The average molecular weight is 501 g/mol. The highest BCUT2D eigenvalue weighted by atomic mass is 35.5. The fraction of sp³-hybridized carbons (Fsp3) is 0.480. The highest BCUT2D eigenvalue weighted by Crippen LogP contribution is 2.51. The second-order valence-corrected chi connectivity index (χ2v) is 10.1. The summed E-state index contributed by atoms with van der Waals surface area (Å²) in [6.07, 6.45) is 3.56. The van der Waals surface area contributed by atoms with E-state index in [9.17, 15) is 18.0 Å². The number of thioether (sulfide) groups is 1. The smallest absolute Gasteiger partial charge is 0.416 e. The molecule has 3 nitrogen and oxygen atoms in total. The van der Waals surface area contributed by atoms with Crippen molar-refractivity contribution in [3.8, 4) is 5.75 Å². The molecule has 3 atom stereocenters. The van der Waals surface area contributed by atoms with Crippen LogP contribution in [0.15, 0.2) is 52.5 Å². The Bertz CT molecular complexity index is 968. The number of unbranched alkanes of at least 4 members (excludes halogenated alkanes) is 1. The van der Waals surface area contributed by atoms with Crippen LogP contribution in [0.1, 0.15) is 45.1 Å². The number of hydrogen-bond donors (Lipinski definition) is 1. The van der Waals surface area contributed by atoms with Crippen molar-refractivity contribution >= 4 is 29.3 Å². The first-order chi connectivity index (χ1) is 15.6. The summed E-state index contributed by atoms with van der Waals surface area (Å²) in [5.74, 6) is -0.220. The molecule has 3 rings (SSSR count). The number of allylic oxidation sites excluding steroid dienone is 5. The molecule has 33 heavy (non-hydrogen) atoms. The van der Waals surface area contributed by atoms with Gasteiger partial charge in [0.05, 0.1) is 23.6 Å². The van der Waals surface area contributed by atoms with Crippen LogP contribution in [0.3, 0.4) is 0 Å². The zero-order chi connectivity index (χ0) is 24.2. The van der Waals surface area contributed by atoms with E-state index in [2.05, 4.69) is 6.92 Å². The van der Waals surface area contributed by atoms with E-state index in [1.54, 1.807) is 36.0 Å². The molecule has 0 saturated heterocycles. The molecule has 1 heterocycles. The maximum atomic E-state index is 13.2. The number of carboxylic acids is 1. The maximum absolute atomic E-state index is 13.2. The van der Waals surface area contributed by atoms with E-state index in [0.29, 0.717) is 22.9 Å². The number of carbonyl (C=O) groups is 1. The standard InChI is InChI=1S/C25H28ClF3O3S/c1-3-4-5-17(10-11-32-21-9-6-16(12-20(21)26)13-23(30)31)24-15(2)19-8-7-18(25(27,28)29)14-22(19)33-24/h6-9,12,14,17,19,22H,3-5,10-11,13H2,1-2H3,(H,30,31). The van der Waals surface area contributed by atoms with Crippen LogP contribution in [0.4, 0.5) is 13.2 Å². The molecule has 0 fully saturated rings. The molecule has 1 aliphatic carbocycles. The van der Waals surface area contributed by atoms with Crippen LogP contribution in [0, 0.1) is 11.8 Å². The van der Waals surface area contributed by atoms with E-state index in [-0.39, 0.29) is 23.5 Å². The summed E-state index contributed by atoms with van der Waals surface area (Å²) in [7, 11) is 0. The fourth-order valence-electron chi connectivity index (χ4n) is 4.28. The Morgan fingerprint density at radius 2 is 2.06 bits per heavy atom. The predicted octanol–water partition coefficient (Wildman–Crippen LogP) is 7.61. The normalized spacial score (nSPS) is 21.1. The van der Waals surface area contributed by atoms with E-state index in [1.165, 1.54) is 17.1 Å². The average Bonchev–Trinajstić information content (AvgIpc) is 3.07. The van der Waals surface area contributed by atoms with Crippen LogP contribution in [-0.2, 0) is 11.2 Å². The van der Waals surface area contributed by atoms with Gasteiger partial charge in [0.25, 0.3) is 0 Å². The van der Waals surface area contributed by atoms with Crippen LogP contribution in [0.25, 0.3) is 0 Å².